The minimum Gasteiger partial charge on any atom is -0.347 e. The fourth-order valence-corrected chi connectivity index (χ4v) is 2.87. The summed E-state index contributed by atoms with van der Waals surface area (Å²) in [5, 5.41) is 2.91. The minimum atomic E-state index is -0.507. The van der Waals surface area contributed by atoms with Gasteiger partial charge in [-0.2, -0.15) is 0 Å². The molecule has 0 atom stereocenters. The van der Waals surface area contributed by atoms with E-state index in [4.69, 9.17) is 0 Å². The van der Waals surface area contributed by atoms with E-state index >= 15 is 0 Å². The average Bonchev–Trinajstić information content (AvgIpc) is 2.90. The maximum absolute atomic E-state index is 12.4. The predicted molar refractivity (Wildman–Crippen MR) is 82.0 cm³/mol. The molecule has 0 bridgehead atoms. The van der Waals surface area contributed by atoms with Gasteiger partial charge >= 0.3 is 5.69 Å². The zero-order valence-electron chi connectivity index (χ0n) is 12.5. The van der Waals surface area contributed by atoms with Gasteiger partial charge < -0.3 is 5.32 Å². The molecule has 114 valence electrons. The summed E-state index contributed by atoms with van der Waals surface area (Å²) in [5.74, 6) is -0.393. The highest BCUT2D eigenvalue weighted by atomic mass is 16.2. The molecule has 6 heteroatoms. The molecule has 0 aliphatic heterocycles. The Bertz CT molecular complexity index is 839. The smallest absolute Gasteiger partial charge is 0.331 e. The van der Waals surface area contributed by atoms with Crippen LogP contribution in [-0.2, 0) is 26.9 Å². The van der Waals surface area contributed by atoms with Crippen LogP contribution in [0.25, 0.3) is 0 Å². The first-order chi connectivity index (χ1) is 10.5. The lowest BCUT2D eigenvalue weighted by atomic mass is 10.1. The van der Waals surface area contributed by atoms with Crippen molar-refractivity contribution in [3.63, 3.8) is 0 Å². The fourth-order valence-electron chi connectivity index (χ4n) is 2.87. The van der Waals surface area contributed by atoms with Gasteiger partial charge in [0.2, 0.25) is 0 Å². The van der Waals surface area contributed by atoms with Crippen LogP contribution < -0.4 is 16.6 Å². The molecule has 1 aliphatic rings. The SMILES string of the molecule is Cn1c(C(=O)NC2Cc3ccccc3C2)cc(=O)n(C)c1=O. The van der Waals surface area contributed by atoms with Gasteiger partial charge in [0.15, 0.2) is 0 Å². The lowest BCUT2D eigenvalue weighted by Crippen LogP contribution is -2.43. The molecule has 3 rings (SSSR count). The van der Waals surface area contributed by atoms with Crippen LogP contribution in [0.5, 0.6) is 0 Å². The first-order valence-corrected chi connectivity index (χ1v) is 7.12. The second kappa shape index (κ2) is 5.29. The number of nitrogens with zero attached hydrogens (tertiary/aromatic N) is 2. The highest BCUT2D eigenvalue weighted by Gasteiger charge is 2.24. The van der Waals surface area contributed by atoms with Crippen LogP contribution in [-0.4, -0.2) is 21.1 Å². The number of carbonyl (C=O) groups is 1. The van der Waals surface area contributed by atoms with E-state index in [1.165, 1.54) is 35.9 Å². The third-order valence-electron chi connectivity index (χ3n) is 4.14. The Morgan fingerprint density at radius 1 is 1.09 bits per heavy atom. The molecule has 2 aromatic rings. The Kier molecular flexibility index (Phi) is 3.44. The Morgan fingerprint density at radius 2 is 1.68 bits per heavy atom. The molecule has 0 fully saturated rings. The van der Waals surface area contributed by atoms with Crippen molar-refractivity contribution in [2.75, 3.05) is 0 Å². The first-order valence-electron chi connectivity index (χ1n) is 7.12. The molecule has 1 amide bonds. The number of benzene rings is 1. The van der Waals surface area contributed by atoms with Gasteiger partial charge in [-0.1, -0.05) is 24.3 Å². The summed E-state index contributed by atoms with van der Waals surface area (Å²) < 4.78 is 2.17. The fraction of sp³-hybridized carbons (Fsp3) is 0.312. The van der Waals surface area contributed by atoms with E-state index in [9.17, 15) is 14.4 Å². The van der Waals surface area contributed by atoms with Gasteiger partial charge in [0.25, 0.3) is 11.5 Å². The van der Waals surface area contributed by atoms with E-state index in [-0.39, 0.29) is 11.7 Å². The van der Waals surface area contributed by atoms with Crippen LogP contribution in [0.1, 0.15) is 21.6 Å². The molecule has 0 saturated carbocycles. The molecule has 22 heavy (non-hydrogen) atoms. The maximum Gasteiger partial charge on any atom is 0.331 e. The van der Waals surface area contributed by atoms with Crippen molar-refractivity contribution in [1.82, 2.24) is 14.5 Å². The molecule has 1 heterocycles. The van der Waals surface area contributed by atoms with E-state index in [1.54, 1.807) is 0 Å². The summed E-state index contributed by atoms with van der Waals surface area (Å²) in [4.78, 5) is 35.9. The summed E-state index contributed by atoms with van der Waals surface area (Å²) in [6.45, 7) is 0. The number of aromatic nitrogens is 2. The van der Waals surface area contributed by atoms with Gasteiger partial charge in [-0.15, -0.1) is 0 Å². The standard InChI is InChI=1S/C16H17N3O3/c1-18-13(9-14(20)19(2)16(18)22)15(21)17-12-7-10-5-3-4-6-11(10)8-12/h3-6,9,12H,7-8H2,1-2H3,(H,17,21). The lowest BCUT2D eigenvalue weighted by Gasteiger charge is -2.14. The Morgan fingerprint density at radius 3 is 2.27 bits per heavy atom. The van der Waals surface area contributed by atoms with Crippen LogP contribution in [0.2, 0.25) is 0 Å². The third kappa shape index (κ3) is 2.36. The summed E-state index contributed by atoms with van der Waals surface area (Å²) in [6.07, 6.45) is 1.53. The number of nitrogens with one attached hydrogen (secondary N) is 1. The molecular weight excluding hydrogens is 282 g/mol. The van der Waals surface area contributed by atoms with E-state index in [0.29, 0.717) is 0 Å². The van der Waals surface area contributed by atoms with E-state index in [1.807, 2.05) is 12.1 Å². The van der Waals surface area contributed by atoms with E-state index in [2.05, 4.69) is 17.4 Å². The number of hydrogen-bond acceptors (Lipinski definition) is 3. The van der Waals surface area contributed by atoms with Crippen LogP contribution in [0, 0.1) is 0 Å². The number of fused-ring (bicyclic) bond motifs is 1. The van der Waals surface area contributed by atoms with Crippen LogP contribution >= 0.6 is 0 Å². The predicted octanol–water partition coefficient (Wildman–Crippen LogP) is -0.0188. The van der Waals surface area contributed by atoms with Crippen LogP contribution in [0.4, 0.5) is 0 Å². The van der Waals surface area contributed by atoms with Crippen molar-refractivity contribution >= 4 is 5.91 Å². The number of amides is 1. The second-order valence-electron chi connectivity index (χ2n) is 5.62. The lowest BCUT2D eigenvalue weighted by molar-refractivity contribution is 0.0928. The van der Waals surface area contributed by atoms with Crippen molar-refractivity contribution in [1.29, 1.82) is 0 Å². The van der Waals surface area contributed by atoms with Gasteiger partial charge in [0, 0.05) is 26.2 Å². The molecule has 0 spiro atoms. The molecule has 0 saturated heterocycles. The first kappa shape index (κ1) is 14.3. The summed E-state index contributed by atoms with van der Waals surface area (Å²) in [6, 6.07) is 9.24. The Hall–Kier alpha value is -2.63. The molecule has 6 nitrogen and oxygen atoms in total. The number of carbonyl (C=O) groups excluding carboxylic acids is 1. The molecule has 0 unspecified atom stereocenters. The summed E-state index contributed by atoms with van der Waals surface area (Å²) in [5.41, 5.74) is 1.55. The van der Waals surface area contributed by atoms with Crippen molar-refractivity contribution in [3.8, 4) is 0 Å². The largest absolute Gasteiger partial charge is 0.347 e. The third-order valence-corrected chi connectivity index (χ3v) is 4.14. The van der Waals surface area contributed by atoms with Gasteiger partial charge in [0.05, 0.1) is 0 Å². The molecule has 1 aromatic heterocycles. The number of rotatable bonds is 2. The molecular formula is C16H17N3O3. The van der Waals surface area contributed by atoms with Crippen LogP contribution in [0.15, 0.2) is 39.9 Å². The quantitative estimate of drug-likeness (QED) is 0.847. The van der Waals surface area contributed by atoms with Gasteiger partial charge in [-0.05, 0) is 24.0 Å². The summed E-state index contributed by atoms with van der Waals surface area (Å²) >= 11 is 0. The van der Waals surface area contributed by atoms with Crippen LogP contribution in [0.3, 0.4) is 0 Å². The minimum absolute atomic E-state index is 0.0101. The molecule has 1 aromatic carbocycles. The highest BCUT2D eigenvalue weighted by molar-refractivity contribution is 5.92. The van der Waals surface area contributed by atoms with E-state index in [0.717, 1.165) is 17.4 Å². The van der Waals surface area contributed by atoms with Gasteiger partial charge in [0.1, 0.15) is 5.69 Å². The topological polar surface area (TPSA) is 73.1 Å². The van der Waals surface area contributed by atoms with E-state index < -0.39 is 17.2 Å². The molecule has 1 aliphatic carbocycles. The zero-order valence-corrected chi connectivity index (χ0v) is 12.5. The average molecular weight is 299 g/mol. The Balaban J connectivity index is 1.83. The highest BCUT2D eigenvalue weighted by Crippen LogP contribution is 2.21. The summed E-state index contributed by atoms with van der Waals surface area (Å²) in [7, 11) is 2.88. The van der Waals surface area contributed by atoms with Gasteiger partial charge in [-0.3, -0.25) is 18.7 Å². The zero-order chi connectivity index (χ0) is 15.9. The van der Waals surface area contributed by atoms with Crippen molar-refractivity contribution in [2.45, 2.75) is 18.9 Å². The monoisotopic (exact) mass is 299 g/mol. The molecule has 1 N–H and O–H groups in total. The Labute approximate surface area is 127 Å². The number of hydrogen-bond donors (Lipinski definition) is 1. The van der Waals surface area contributed by atoms with Crippen molar-refractivity contribution in [3.05, 3.63) is 68.0 Å². The van der Waals surface area contributed by atoms with Crippen molar-refractivity contribution < 1.29 is 4.79 Å². The molecule has 0 radical (unpaired) electrons. The normalized spacial score (nSPS) is 13.9. The second-order valence-corrected chi connectivity index (χ2v) is 5.62. The maximum atomic E-state index is 12.4. The van der Waals surface area contributed by atoms with Gasteiger partial charge in [-0.25, -0.2) is 4.79 Å². The van der Waals surface area contributed by atoms with Crippen molar-refractivity contribution in [2.24, 2.45) is 14.1 Å².